The molecule has 28 heavy (non-hydrogen) atoms. The van der Waals surface area contributed by atoms with Gasteiger partial charge in [-0.15, -0.1) is 17.9 Å². The van der Waals surface area contributed by atoms with Crippen molar-refractivity contribution in [2.45, 2.75) is 43.1 Å². The third-order valence-electron chi connectivity index (χ3n) is 4.88. The number of nitrogens with zero attached hydrogens (tertiary/aromatic N) is 2. The van der Waals surface area contributed by atoms with E-state index in [1.807, 2.05) is 0 Å². The number of aryl methyl sites for hydroxylation is 2. The van der Waals surface area contributed by atoms with E-state index < -0.39 is 5.25 Å². The lowest BCUT2D eigenvalue weighted by atomic mass is 10.1. The third kappa shape index (κ3) is 3.33. The Labute approximate surface area is 170 Å². The van der Waals surface area contributed by atoms with Gasteiger partial charge in [0.05, 0.1) is 10.6 Å². The fraction of sp³-hybridized carbons (Fsp3) is 0.286. The molecule has 7 heteroatoms. The molecule has 144 valence electrons. The number of benzene rings is 1. The Hall–Kier alpha value is -2.25. The molecule has 0 saturated heterocycles. The summed E-state index contributed by atoms with van der Waals surface area (Å²) in [6, 6.07) is 5.50. The molecule has 0 saturated carbocycles. The van der Waals surface area contributed by atoms with Crippen LogP contribution in [0.1, 0.15) is 34.1 Å². The lowest BCUT2D eigenvalue weighted by Gasteiger charge is -2.14. The normalized spacial score (nSPS) is 14.2. The molecule has 0 radical (unpaired) electrons. The highest BCUT2D eigenvalue weighted by atomic mass is 32.2. The molecule has 1 aliphatic rings. The van der Waals surface area contributed by atoms with Crippen molar-refractivity contribution in [3.63, 3.8) is 0 Å². The van der Waals surface area contributed by atoms with Crippen molar-refractivity contribution < 1.29 is 9.18 Å². The van der Waals surface area contributed by atoms with Crippen molar-refractivity contribution >= 4 is 39.1 Å². The number of ketones is 1. The highest BCUT2D eigenvalue weighted by molar-refractivity contribution is 8.00. The van der Waals surface area contributed by atoms with Crippen LogP contribution >= 0.6 is 23.1 Å². The zero-order valence-electron chi connectivity index (χ0n) is 15.4. The molecule has 0 fully saturated rings. The van der Waals surface area contributed by atoms with E-state index >= 15 is 0 Å². The molecular formula is C21H19FN2O2S2. The maximum atomic E-state index is 13.2. The number of thioether (sulfide) groups is 1. The minimum atomic E-state index is -0.460. The second-order valence-corrected chi connectivity index (χ2v) is 9.16. The molecule has 1 aliphatic carbocycles. The number of Topliss-reactive ketones (excluding diaryl/α,β-unsaturated/α-hetero) is 1. The summed E-state index contributed by atoms with van der Waals surface area (Å²) < 4.78 is 14.7. The SMILES string of the molecule is C=CCn1c(S[C@H](C)C(=O)c2ccc(F)cc2)nc2sc3c(c2c1=O)CCC3. The average Bonchev–Trinajstić information content (AvgIpc) is 3.25. The van der Waals surface area contributed by atoms with Gasteiger partial charge in [0.25, 0.3) is 5.56 Å². The van der Waals surface area contributed by atoms with Crippen LogP contribution in [0.3, 0.4) is 0 Å². The monoisotopic (exact) mass is 414 g/mol. The lowest BCUT2D eigenvalue weighted by molar-refractivity contribution is 0.0994. The molecular weight excluding hydrogens is 395 g/mol. The first-order valence-electron chi connectivity index (χ1n) is 9.12. The van der Waals surface area contributed by atoms with Gasteiger partial charge in [-0.3, -0.25) is 14.2 Å². The van der Waals surface area contributed by atoms with Crippen LogP contribution in [0.25, 0.3) is 10.2 Å². The molecule has 0 amide bonds. The molecule has 0 N–H and O–H groups in total. The molecule has 0 unspecified atom stereocenters. The quantitative estimate of drug-likeness (QED) is 0.255. The second-order valence-electron chi connectivity index (χ2n) is 6.77. The summed E-state index contributed by atoms with van der Waals surface area (Å²) in [5.74, 6) is -0.507. The Morgan fingerprint density at radius 2 is 2.14 bits per heavy atom. The van der Waals surface area contributed by atoms with Crippen molar-refractivity contribution in [3.05, 3.63) is 69.1 Å². The number of allylic oxidation sites excluding steroid dienone is 1. The van der Waals surface area contributed by atoms with E-state index in [0.717, 1.165) is 35.0 Å². The number of halogens is 1. The fourth-order valence-corrected chi connectivity index (χ4v) is 5.80. The van der Waals surface area contributed by atoms with E-state index in [9.17, 15) is 14.0 Å². The van der Waals surface area contributed by atoms with Crippen molar-refractivity contribution in [1.82, 2.24) is 9.55 Å². The van der Waals surface area contributed by atoms with Crippen molar-refractivity contribution in [2.24, 2.45) is 0 Å². The summed E-state index contributed by atoms with van der Waals surface area (Å²) >= 11 is 2.84. The zero-order valence-corrected chi connectivity index (χ0v) is 17.0. The minimum Gasteiger partial charge on any atom is -0.293 e. The van der Waals surface area contributed by atoms with Gasteiger partial charge in [0.15, 0.2) is 10.9 Å². The summed E-state index contributed by atoms with van der Waals surface area (Å²) in [7, 11) is 0. The number of hydrogen-bond acceptors (Lipinski definition) is 5. The first kappa shape index (κ1) is 19.1. The summed E-state index contributed by atoms with van der Waals surface area (Å²) in [5.41, 5.74) is 1.52. The van der Waals surface area contributed by atoms with Gasteiger partial charge in [0, 0.05) is 17.0 Å². The first-order valence-corrected chi connectivity index (χ1v) is 10.8. The summed E-state index contributed by atoms with van der Waals surface area (Å²) in [5, 5.41) is 0.777. The van der Waals surface area contributed by atoms with Gasteiger partial charge in [-0.25, -0.2) is 9.37 Å². The number of hydrogen-bond donors (Lipinski definition) is 0. The average molecular weight is 415 g/mol. The number of fused-ring (bicyclic) bond motifs is 3. The number of aromatic nitrogens is 2. The lowest BCUT2D eigenvalue weighted by Crippen LogP contribution is -2.24. The van der Waals surface area contributed by atoms with Crippen LogP contribution < -0.4 is 5.56 Å². The largest absolute Gasteiger partial charge is 0.293 e. The highest BCUT2D eigenvalue weighted by Gasteiger charge is 2.25. The standard InChI is InChI=1S/C21H19FN2O2S2/c1-3-11-24-20(26)17-15-5-4-6-16(15)28-19(17)23-21(24)27-12(2)18(25)13-7-9-14(22)10-8-13/h3,7-10,12H,1,4-6,11H2,2H3/t12-/m1/s1. The molecule has 2 aromatic heterocycles. The van der Waals surface area contributed by atoms with Gasteiger partial charge in [-0.1, -0.05) is 17.8 Å². The van der Waals surface area contributed by atoms with Gasteiger partial charge in [0.2, 0.25) is 0 Å². The third-order valence-corrected chi connectivity index (χ3v) is 7.16. The van der Waals surface area contributed by atoms with Crippen LogP contribution in [0, 0.1) is 5.82 Å². The smallest absolute Gasteiger partial charge is 0.263 e. The van der Waals surface area contributed by atoms with Crippen LogP contribution in [0.5, 0.6) is 0 Å². The molecule has 4 nitrogen and oxygen atoms in total. The number of carbonyl (C=O) groups excluding carboxylic acids is 1. The van der Waals surface area contributed by atoms with Crippen LogP contribution in [0.2, 0.25) is 0 Å². The molecule has 2 heterocycles. The van der Waals surface area contributed by atoms with E-state index in [-0.39, 0.29) is 17.2 Å². The first-order chi connectivity index (χ1) is 13.5. The van der Waals surface area contributed by atoms with Gasteiger partial charge in [-0.2, -0.15) is 0 Å². The number of rotatable bonds is 6. The predicted molar refractivity (Wildman–Crippen MR) is 112 cm³/mol. The Morgan fingerprint density at radius 3 is 2.86 bits per heavy atom. The van der Waals surface area contributed by atoms with Crippen LogP contribution in [-0.2, 0) is 19.4 Å². The number of carbonyl (C=O) groups is 1. The van der Waals surface area contributed by atoms with Crippen molar-refractivity contribution in [2.75, 3.05) is 0 Å². The summed E-state index contributed by atoms with van der Waals surface area (Å²) in [6.07, 6.45) is 4.67. The van der Waals surface area contributed by atoms with Crippen LogP contribution in [-0.4, -0.2) is 20.6 Å². The Kier molecular flexibility index (Phi) is 5.21. The van der Waals surface area contributed by atoms with Gasteiger partial charge in [-0.05, 0) is 56.0 Å². The molecule has 1 atom stereocenters. The highest BCUT2D eigenvalue weighted by Crippen LogP contribution is 2.36. The van der Waals surface area contributed by atoms with Crippen molar-refractivity contribution in [1.29, 1.82) is 0 Å². The zero-order chi connectivity index (χ0) is 19.8. The Bertz CT molecular complexity index is 1130. The fourth-order valence-electron chi connectivity index (χ4n) is 3.50. The number of thiophene rings is 1. The van der Waals surface area contributed by atoms with Gasteiger partial charge >= 0.3 is 0 Å². The molecule has 0 bridgehead atoms. The molecule has 1 aromatic carbocycles. The summed E-state index contributed by atoms with van der Waals surface area (Å²) in [4.78, 5) is 32.6. The van der Waals surface area contributed by atoms with E-state index in [0.29, 0.717) is 17.3 Å². The van der Waals surface area contributed by atoms with Crippen LogP contribution in [0.4, 0.5) is 4.39 Å². The van der Waals surface area contributed by atoms with E-state index in [4.69, 9.17) is 4.98 Å². The molecule has 0 spiro atoms. The predicted octanol–water partition coefficient (Wildman–Crippen LogP) is 4.64. The van der Waals surface area contributed by atoms with Gasteiger partial charge in [0.1, 0.15) is 10.6 Å². The Morgan fingerprint density at radius 1 is 1.39 bits per heavy atom. The minimum absolute atomic E-state index is 0.0618. The van der Waals surface area contributed by atoms with E-state index in [1.54, 1.807) is 28.9 Å². The maximum absolute atomic E-state index is 13.2. The van der Waals surface area contributed by atoms with Crippen molar-refractivity contribution in [3.8, 4) is 0 Å². The molecule has 4 rings (SSSR count). The molecule has 3 aromatic rings. The molecule has 0 aliphatic heterocycles. The summed E-state index contributed by atoms with van der Waals surface area (Å²) in [6.45, 7) is 5.87. The Balaban J connectivity index is 1.72. The van der Waals surface area contributed by atoms with E-state index in [1.165, 1.54) is 40.9 Å². The topological polar surface area (TPSA) is 52.0 Å². The van der Waals surface area contributed by atoms with E-state index in [2.05, 4.69) is 6.58 Å². The van der Waals surface area contributed by atoms with Crippen LogP contribution in [0.15, 0.2) is 46.9 Å². The second kappa shape index (κ2) is 7.64. The van der Waals surface area contributed by atoms with Gasteiger partial charge < -0.3 is 0 Å². The maximum Gasteiger partial charge on any atom is 0.263 e.